The van der Waals surface area contributed by atoms with Crippen molar-refractivity contribution in [2.24, 2.45) is 5.41 Å². The summed E-state index contributed by atoms with van der Waals surface area (Å²) in [5.41, 5.74) is 0.702. The molecule has 0 amide bonds. The van der Waals surface area contributed by atoms with Gasteiger partial charge in [-0.2, -0.15) is 0 Å². The van der Waals surface area contributed by atoms with Gasteiger partial charge in [-0.3, -0.25) is 0 Å². The van der Waals surface area contributed by atoms with E-state index in [1.807, 2.05) is 0 Å². The highest BCUT2D eigenvalue weighted by molar-refractivity contribution is 5.05. The van der Waals surface area contributed by atoms with Crippen LogP contribution >= 0.6 is 0 Å². The Hall–Kier alpha value is -0.0800. The number of hydrogen-bond acceptors (Lipinski definition) is 2. The lowest BCUT2D eigenvalue weighted by Gasteiger charge is -2.27. The van der Waals surface area contributed by atoms with E-state index in [1.54, 1.807) is 0 Å². The highest BCUT2D eigenvalue weighted by Gasteiger charge is 2.51. The number of likely N-dealkylation sites (N-methyl/N-ethyl adjacent to an activating group) is 1. The normalized spacial score (nSPS) is 32.8. The standard InChI is InChI=1S/C12H23NO/c1-9(2)14-10(3)11-7-12(5-6-12)8-13(11)4/h9-11H,5-8H2,1-4H3/t10-,11?/m0/s1. The zero-order valence-corrected chi connectivity index (χ0v) is 9.92. The summed E-state index contributed by atoms with van der Waals surface area (Å²) in [7, 11) is 2.25. The molecule has 2 nitrogen and oxygen atoms in total. The van der Waals surface area contributed by atoms with Crippen LogP contribution in [0.25, 0.3) is 0 Å². The molecule has 0 aromatic heterocycles. The Balaban J connectivity index is 1.91. The predicted octanol–water partition coefficient (Wildman–Crippen LogP) is 2.28. The fourth-order valence-electron chi connectivity index (χ4n) is 2.89. The van der Waals surface area contributed by atoms with Crippen molar-refractivity contribution >= 4 is 0 Å². The first-order valence-electron chi connectivity index (χ1n) is 5.88. The molecule has 1 aliphatic heterocycles. The van der Waals surface area contributed by atoms with Crippen molar-refractivity contribution in [2.45, 2.75) is 58.3 Å². The molecule has 0 aromatic carbocycles. The van der Waals surface area contributed by atoms with Crippen molar-refractivity contribution in [3.8, 4) is 0 Å². The van der Waals surface area contributed by atoms with Gasteiger partial charge in [0.05, 0.1) is 12.2 Å². The lowest BCUT2D eigenvalue weighted by molar-refractivity contribution is -0.0203. The summed E-state index contributed by atoms with van der Waals surface area (Å²) in [5.74, 6) is 0. The second-order valence-corrected chi connectivity index (χ2v) is 5.58. The Kier molecular flexibility index (Phi) is 2.61. The Labute approximate surface area is 87.6 Å². The van der Waals surface area contributed by atoms with Gasteiger partial charge in [0, 0.05) is 12.6 Å². The first-order chi connectivity index (χ1) is 6.52. The van der Waals surface area contributed by atoms with Crippen LogP contribution in [0.3, 0.4) is 0 Å². The molecule has 82 valence electrons. The summed E-state index contributed by atoms with van der Waals surface area (Å²) >= 11 is 0. The summed E-state index contributed by atoms with van der Waals surface area (Å²) in [6, 6.07) is 0.653. The molecule has 2 atom stereocenters. The van der Waals surface area contributed by atoms with Gasteiger partial charge in [0.1, 0.15) is 0 Å². The van der Waals surface area contributed by atoms with Crippen molar-refractivity contribution in [3.05, 3.63) is 0 Å². The van der Waals surface area contributed by atoms with Gasteiger partial charge in [0.15, 0.2) is 0 Å². The van der Waals surface area contributed by atoms with Crippen LogP contribution in [0.1, 0.15) is 40.0 Å². The molecule has 2 aliphatic rings. The maximum atomic E-state index is 5.88. The molecule has 1 unspecified atom stereocenters. The van der Waals surface area contributed by atoms with Crippen LogP contribution in [0.4, 0.5) is 0 Å². The van der Waals surface area contributed by atoms with Crippen molar-refractivity contribution < 1.29 is 4.74 Å². The third-order valence-electron chi connectivity index (χ3n) is 3.78. The van der Waals surface area contributed by atoms with Gasteiger partial charge in [-0.25, -0.2) is 0 Å². The maximum absolute atomic E-state index is 5.88. The molecule has 2 rings (SSSR count). The Morgan fingerprint density at radius 1 is 1.29 bits per heavy atom. The van der Waals surface area contributed by atoms with Gasteiger partial charge in [-0.15, -0.1) is 0 Å². The highest BCUT2D eigenvalue weighted by atomic mass is 16.5. The molecule has 2 heteroatoms. The number of likely N-dealkylation sites (tertiary alicyclic amines) is 1. The van der Waals surface area contributed by atoms with E-state index in [0.29, 0.717) is 23.7 Å². The summed E-state index contributed by atoms with van der Waals surface area (Å²) in [6.07, 6.45) is 5.00. The van der Waals surface area contributed by atoms with Crippen LogP contribution in [0.2, 0.25) is 0 Å². The summed E-state index contributed by atoms with van der Waals surface area (Å²) in [4.78, 5) is 2.50. The van der Waals surface area contributed by atoms with Gasteiger partial charge in [0.2, 0.25) is 0 Å². The topological polar surface area (TPSA) is 12.5 Å². The largest absolute Gasteiger partial charge is 0.374 e. The minimum absolute atomic E-state index is 0.356. The van der Waals surface area contributed by atoms with E-state index in [9.17, 15) is 0 Å². The molecule has 0 aromatic rings. The molecule has 2 fully saturated rings. The van der Waals surface area contributed by atoms with Gasteiger partial charge in [0.25, 0.3) is 0 Å². The molecule has 14 heavy (non-hydrogen) atoms. The van der Waals surface area contributed by atoms with E-state index in [0.717, 1.165) is 0 Å². The zero-order chi connectivity index (χ0) is 10.3. The first-order valence-corrected chi connectivity index (χ1v) is 5.88. The van der Waals surface area contributed by atoms with E-state index in [2.05, 4.69) is 32.7 Å². The second-order valence-electron chi connectivity index (χ2n) is 5.58. The fourth-order valence-corrected chi connectivity index (χ4v) is 2.89. The Morgan fingerprint density at radius 2 is 1.93 bits per heavy atom. The average Bonchev–Trinajstić information content (AvgIpc) is 2.69. The highest BCUT2D eigenvalue weighted by Crippen LogP contribution is 2.54. The SMILES string of the molecule is CC(C)O[C@@H](C)C1CC2(CC2)CN1C. The van der Waals surface area contributed by atoms with E-state index < -0.39 is 0 Å². The summed E-state index contributed by atoms with van der Waals surface area (Å²) in [6.45, 7) is 7.77. The van der Waals surface area contributed by atoms with Gasteiger partial charge in [-0.05, 0) is 52.5 Å². The van der Waals surface area contributed by atoms with Crippen LogP contribution in [-0.4, -0.2) is 36.7 Å². The average molecular weight is 197 g/mol. The van der Waals surface area contributed by atoms with Crippen LogP contribution in [0, 0.1) is 5.41 Å². The minimum atomic E-state index is 0.356. The molecule has 1 spiro atoms. The number of ether oxygens (including phenoxy) is 1. The van der Waals surface area contributed by atoms with Gasteiger partial charge in [-0.1, -0.05) is 0 Å². The van der Waals surface area contributed by atoms with Crippen LogP contribution in [0.15, 0.2) is 0 Å². The molecule has 1 saturated carbocycles. The zero-order valence-electron chi connectivity index (χ0n) is 9.92. The smallest absolute Gasteiger partial charge is 0.0705 e. The van der Waals surface area contributed by atoms with E-state index in [1.165, 1.54) is 25.8 Å². The molecule has 1 aliphatic carbocycles. The quantitative estimate of drug-likeness (QED) is 0.688. The van der Waals surface area contributed by atoms with Crippen molar-refractivity contribution in [2.75, 3.05) is 13.6 Å². The van der Waals surface area contributed by atoms with Gasteiger partial charge >= 0.3 is 0 Å². The first kappa shape index (κ1) is 10.4. The summed E-state index contributed by atoms with van der Waals surface area (Å²) in [5, 5.41) is 0. The molecule has 1 saturated heterocycles. The monoisotopic (exact) mass is 197 g/mol. The molecular weight excluding hydrogens is 174 g/mol. The van der Waals surface area contributed by atoms with Crippen LogP contribution < -0.4 is 0 Å². The third-order valence-corrected chi connectivity index (χ3v) is 3.78. The number of rotatable bonds is 3. The summed E-state index contributed by atoms with van der Waals surface area (Å²) < 4.78 is 5.88. The molecule has 0 N–H and O–H groups in total. The van der Waals surface area contributed by atoms with E-state index in [4.69, 9.17) is 4.74 Å². The predicted molar refractivity (Wildman–Crippen MR) is 58.4 cm³/mol. The number of hydrogen-bond donors (Lipinski definition) is 0. The molecule has 1 heterocycles. The Bertz CT molecular complexity index is 210. The van der Waals surface area contributed by atoms with E-state index in [-0.39, 0.29) is 0 Å². The van der Waals surface area contributed by atoms with Gasteiger partial charge < -0.3 is 9.64 Å². The molecule has 0 bridgehead atoms. The van der Waals surface area contributed by atoms with Crippen LogP contribution in [0.5, 0.6) is 0 Å². The lowest BCUT2D eigenvalue weighted by Crippen LogP contribution is -2.37. The maximum Gasteiger partial charge on any atom is 0.0705 e. The molecular formula is C12H23NO. The Morgan fingerprint density at radius 3 is 2.36 bits per heavy atom. The fraction of sp³-hybridized carbons (Fsp3) is 1.00. The van der Waals surface area contributed by atoms with Crippen molar-refractivity contribution in [1.29, 1.82) is 0 Å². The van der Waals surface area contributed by atoms with Crippen molar-refractivity contribution in [3.63, 3.8) is 0 Å². The van der Waals surface area contributed by atoms with E-state index >= 15 is 0 Å². The second kappa shape index (κ2) is 3.49. The minimum Gasteiger partial charge on any atom is -0.374 e. The van der Waals surface area contributed by atoms with Crippen molar-refractivity contribution in [1.82, 2.24) is 4.90 Å². The number of nitrogens with zero attached hydrogens (tertiary/aromatic N) is 1. The third kappa shape index (κ3) is 1.96. The van der Waals surface area contributed by atoms with Crippen LogP contribution in [-0.2, 0) is 4.74 Å². The lowest BCUT2D eigenvalue weighted by atomic mass is 10.0. The molecule has 0 radical (unpaired) electrons.